The fourth-order valence-electron chi connectivity index (χ4n) is 3.67. The molecule has 4 rings (SSSR count). The van der Waals surface area contributed by atoms with Gasteiger partial charge < -0.3 is 15.1 Å². The van der Waals surface area contributed by atoms with Gasteiger partial charge in [0.1, 0.15) is 0 Å². The van der Waals surface area contributed by atoms with E-state index in [-0.39, 0.29) is 23.8 Å². The lowest BCUT2D eigenvalue weighted by molar-refractivity contribution is 0.0636. The number of fused-ring (bicyclic) bond motifs is 1. The summed E-state index contributed by atoms with van der Waals surface area (Å²) in [6, 6.07) is 6.39. The summed E-state index contributed by atoms with van der Waals surface area (Å²) >= 11 is 0. The first-order valence-corrected chi connectivity index (χ1v) is 10.0. The predicted molar refractivity (Wildman–Crippen MR) is 111 cm³/mol. The van der Waals surface area contributed by atoms with Gasteiger partial charge in [0, 0.05) is 50.8 Å². The molecule has 1 aromatic carbocycles. The van der Waals surface area contributed by atoms with Crippen molar-refractivity contribution in [2.75, 3.05) is 42.9 Å². The third-order valence-corrected chi connectivity index (χ3v) is 5.17. The van der Waals surface area contributed by atoms with Gasteiger partial charge in [-0.2, -0.15) is 0 Å². The topological polar surface area (TPSA) is 98.7 Å². The molecular weight excluding hydrogens is 384 g/mol. The largest absolute Gasteiger partial charge is 0.337 e. The zero-order valence-corrected chi connectivity index (χ0v) is 17.0. The number of imide groups is 1. The molecule has 3 heterocycles. The molecule has 0 radical (unpaired) electrons. The molecule has 2 aliphatic heterocycles. The highest BCUT2D eigenvalue weighted by Crippen LogP contribution is 2.26. The third kappa shape index (κ3) is 3.83. The summed E-state index contributed by atoms with van der Waals surface area (Å²) in [6.45, 7) is 6.64. The Labute approximate surface area is 174 Å². The Morgan fingerprint density at radius 2 is 1.70 bits per heavy atom. The van der Waals surface area contributed by atoms with Crippen LogP contribution in [-0.2, 0) is 0 Å². The lowest BCUT2D eigenvalue weighted by atomic mass is 10.1. The van der Waals surface area contributed by atoms with Gasteiger partial charge in [-0.15, -0.1) is 0 Å². The zero-order chi connectivity index (χ0) is 21.3. The predicted octanol–water partition coefficient (Wildman–Crippen LogP) is 2.08. The summed E-state index contributed by atoms with van der Waals surface area (Å²) in [7, 11) is 0. The van der Waals surface area contributed by atoms with E-state index in [9.17, 15) is 14.4 Å². The normalized spacial score (nSPS) is 16.3. The number of nitrogens with zero attached hydrogens (tertiary/aromatic N) is 5. The Bertz CT molecular complexity index is 970. The number of aromatic nitrogens is 2. The number of hydrogen-bond donors (Lipinski definition) is 1. The summed E-state index contributed by atoms with van der Waals surface area (Å²) in [5.74, 6) is 0.258. The summed E-state index contributed by atoms with van der Waals surface area (Å²) in [4.78, 5) is 51.3. The first kappa shape index (κ1) is 19.8. The van der Waals surface area contributed by atoms with E-state index in [0.29, 0.717) is 55.5 Å². The molecular formula is C21H24N6O3. The summed E-state index contributed by atoms with van der Waals surface area (Å²) in [6.07, 6.45) is 3.40. The molecule has 0 bridgehead atoms. The van der Waals surface area contributed by atoms with Crippen LogP contribution in [0.25, 0.3) is 0 Å². The molecule has 2 aromatic rings. The van der Waals surface area contributed by atoms with Gasteiger partial charge in [0.15, 0.2) is 0 Å². The maximum Gasteiger partial charge on any atom is 0.321 e. The van der Waals surface area contributed by atoms with Crippen molar-refractivity contribution in [3.05, 3.63) is 47.8 Å². The van der Waals surface area contributed by atoms with E-state index in [1.165, 1.54) is 4.90 Å². The fourth-order valence-corrected chi connectivity index (χ4v) is 3.67. The average molecular weight is 408 g/mol. The van der Waals surface area contributed by atoms with Crippen LogP contribution in [0.15, 0.2) is 36.7 Å². The van der Waals surface area contributed by atoms with Gasteiger partial charge in [-0.1, -0.05) is 13.8 Å². The molecule has 0 aliphatic carbocycles. The van der Waals surface area contributed by atoms with Crippen molar-refractivity contribution in [3.8, 4) is 0 Å². The number of urea groups is 1. The van der Waals surface area contributed by atoms with E-state index < -0.39 is 0 Å². The lowest BCUT2D eigenvalue weighted by Gasteiger charge is -2.34. The van der Waals surface area contributed by atoms with Crippen LogP contribution >= 0.6 is 0 Å². The number of carbonyl (C=O) groups is 3. The highest BCUT2D eigenvalue weighted by Gasteiger charge is 2.36. The van der Waals surface area contributed by atoms with Gasteiger partial charge in [0.25, 0.3) is 11.8 Å². The van der Waals surface area contributed by atoms with Crippen molar-refractivity contribution in [1.29, 1.82) is 0 Å². The van der Waals surface area contributed by atoms with Crippen LogP contribution in [0.4, 0.5) is 16.4 Å². The van der Waals surface area contributed by atoms with Crippen LogP contribution in [0, 0.1) is 5.92 Å². The smallest absolute Gasteiger partial charge is 0.321 e. The molecule has 156 valence electrons. The fraction of sp³-hybridized carbons (Fsp3) is 0.381. The lowest BCUT2D eigenvalue weighted by Crippen LogP contribution is -2.50. The van der Waals surface area contributed by atoms with Crippen LogP contribution in [0.5, 0.6) is 0 Å². The Morgan fingerprint density at radius 1 is 1.03 bits per heavy atom. The van der Waals surface area contributed by atoms with Gasteiger partial charge in [0.2, 0.25) is 5.95 Å². The van der Waals surface area contributed by atoms with Crippen molar-refractivity contribution >= 4 is 29.5 Å². The summed E-state index contributed by atoms with van der Waals surface area (Å²) in [5, 5.41) is 2.84. The van der Waals surface area contributed by atoms with Crippen molar-refractivity contribution in [2.45, 2.75) is 13.8 Å². The van der Waals surface area contributed by atoms with Gasteiger partial charge in [-0.05, 0) is 30.2 Å². The van der Waals surface area contributed by atoms with Crippen LogP contribution in [0.2, 0.25) is 0 Å². The van der Waals surface area contributed by atoms with E-state index in [1.54, 1.807) is 41.6 Å². The molecule has 0 atom stereocenters. The standard InChI is InChI=1S/C21H24N6O3/c1-14(2)13-27-18(28)16-5-4-15(12-17(16)19(27)29)24-21(30)26-10-8-25(9-11-26)20-22-6-3-7-23-20/h3-7,12,14H,8-11,13H2,1-2H3,(H,24,30). The number of amides is 4. The second kappa shape index (κ2) is 8.10. The Kier molecular flexibility index (Phi) is 5.35. The molecule has 2 aliphatic rings. The highest BCUT2D eigenvalue weighted by molar-refractivity contribution is 6.21. The van der Waals surface area contributed by atoms with Crippen molar-refractivity contribution in [2.24, 2.45) is 5.92 Å². The number of rotatable bonds is 4. The molecule has 4 amide bonds. The molecule has 1 fully saturated rings. The van der Waals surface area contributed by atoms with Crippen molar-refractivity contribution in [3.63, 3.8) is 0 Å². The van der Waals surface area contributed by atoms with Gasteiger partial charge >= 0.3 is 6.03 Å². The van der Waals surface area contributed by atoms with Gasteiger partial charge in [-0.25, -0.2) is 14.8 Å². The quantitative estimate of drug-likeness (QED) is 0.778. The number of piperazine rings is 1. The van der Waals surface area contributed by atoms with Crippen LogP contribution in [-0.4, -0.2) is 70.3 Å². The minimum absolute atomic E-state index is 0.186. The van der Waals surface area contributed by atoms with E-state index in [1.807, 2.05) is 18.7 Å². The minimum Gasteiger partial charge on any atom is -0.337 e. The van der Waals surface area contributed by atoms with Gasteiger partial charge in [-0.3, -0.25) is 14.5 Å². The monoisotopic (exact) mass is 408 g/mol. The first-order chi connectivity index (χ1) is 14.4. The molecule has 1 aromatic heterocycles. The maximum absolute atomic E-state index is 12.7. The summed E-state index contributed by atoms with van der Waals surface area (Å²) in [5.41, 5.74) is 1.22. The molecule has 1 saturated heterocycles. The maximum atomic E-state index is 12.7. The van der Waals surface area contributed by atoms with E-state index in [0.717, 1.165) is 0 Å². The van der Waals surface area contributed by atoms with Crippen LogP contribution < -0.4 is 10.2 Å². The Hall–Kier alpha value is -3.49. The van der Waals surface area contributed by atoms with Gasteiger partial charge in [0.05, 0.1) is 11.1 Å². The molecule has 0 spiro atoms. The average Bonchev–Trinajstić information content (AvgIpc) is 2.98. The van der Waals surface area contributed by atoms with Crippen molar-refractivity contribution in [1.82, 2.24) is 19.8 Å². The number of benzene rings is 1. The van der Waals surface area contributed by atoms with Crippen LogP contribution in [0.3, 0.4) is 0 Å². The number of carbonyl (C=O) groups excluding carboxylic acids is 3. The molecule has 9 nitrogen and oxygen atoms in total. The summed E-state index contributed by atoms with van der Waals surface area (Å²) < 4.78 is 0. The first-order valence-electron chi connectivity index (χ1n) is 10.0. The highest BCUT2D eigenvalue weighted by atomic mass is 16.2. The molecule has 0 saturated carbocycles. The number of nitrogens with one attached hydrogen (secondary N) is 1. The third-order valence-electron chi connectivity index (χ3n) is 5.17. The molecule has 0 unspecified atom stereocenters. The second-order valence-corrected chi connectivity index (χ2v) is 7.83. The Balaban J connectivity index is 1.39. The van der Waals surface area contributed by atoms with E-state index in [4.69, 9.17) is 0 Å². The van der Waals surface area contributed by atoms with E-state index in [2.05, 4.69) is 15.3 Å². The number of anilines is 2. The Morgan fingerprint density at radius 3 is 2.37 bits per heavy atom. The van der Waals surface area contributed by atoms with E-state index >= 15 is 0 Å². The van der Waals surface area contributed by atoms with Crippen molar-refractivity contribution < 1.29 is 14.4 Å². The van der Waals surface area contributed by atoms with Crippen LogP contribution in [0.1, 0.15) is 34.6 Å². The molecule has 1 N–H and O–H groups in total. The zero-order valence-electron chi connectivity index (χ0n) is 17.0. The minimum atomic E-state index is -0.309. The SMILES string of the molecule is CC(C)CN1C(=O)c2ccc(NC(=O)N3CCN(c4ncccn4)CC3)cc2C1=O. The molecule has 9 heteroatoms. The number of hydrogen-bond acceptors (Lipinski definition) is 6. The molecule has 30 heavy (non-hydrogen) atoms. The second-order valence-electron chi connectivity index (χ2n) is 7.83.